The minimum absolute atomic E-state index is 0.0177. The molecule has 0 spiro atoms. The van der Waals surface area contributed by atoms with E-state index in [2.05, 4.69) is 15.6 Å². The number of aromatic nitrogens is 1. The van der Waals surface area contributed by atoms with Crippen LogP contribution in [0.2, 0.25) is 0 Å². The molecular formula is C16H19N3O. The Kier molecular flexibility index (Phi) is 5.26. The molecule has 1 heterocycles. The maximum Gasteiger partial charge on any atom is 0.225 e. The highest BCUT2D eigenvalue weighted by Crippen LogP contribution is 2.09. The lowest BCUT2D eigenvalue weighted by Crippen LogP contribution is -2.21. The minimum atomic E-state index is 0.0177. The molecule has 2 aromatic rings. The molecule has 1 aromatic heterocycles. The fraction of sp³-hybridized carbons (Fsp3) is 0.250. The van der Waals surface area contributed by atoms with Gasteiger partial charge in [-0.15, -0.1) is 0 Å². The summed E-state index contributed by atoms with van der Waals surface area (Å²) in [6.07, 6.45) is 2.21. The lowest BCUT2D eigenvalue weighted by Gasteiger charge is -2.07. The molecule has 0 aliphatic carbocycles. The Hall–Kier alpha value is -2.20. The average molecular weight is 269 g/mol. The second kappa shape index (κ2) is 7.40. The van der Waals surface area contributed by atoms with E-state index in [9.17, 15) is 4.79 Å². The zero-order chi connectivity index (χ0) is 14.2. The Labute approximate surface area is 119 Å². The van der Waals surface area contributed by atoms with Gasteiger partial charge in [0, 0.05) is 31.4 Å². The van der Waals surface area contributed by atoms with Gasteiger partial charge in [-0.25, -0.2) is 0 Å². The zero-order valence-corrected chi connectivity index (χ0v) is 11.6. The van der Waals surface area contributed by atoms with Crippen molar-refractivity contribution in [3.8, 4) is 0 Å². The summed E-state index contributed by atoms with van der Waals surface area (Å²) in [4.78, 5) is 16.0. The fourth-order valence-electron chi connectivity index (χ4n) is 1.87. The van der Waals surface area contributed by atoms with Crippen molar-refractivity contribution in [1.82, 2.24) is 10.3 Å². The number of carbonyl (C=O) groups excluding carboxylic acids is 1. The number of benzene rings is 1. The van der Waals surface area contributed by atoms with Gasteiger partial charge in [0.15, 0.2) is 0 Å². The third kappa shape index (κ3) is 4.82. The molecule has 0 radical (unpaired) electrons. The number of nitrogens with one attached hydrogen (secondary N) is 2. The number of amides is 1. The number of nitrogens with zero attached hydrogens (tertiary/aromatic N) is 1. The van der Waals surface area contributed by atoms with E-state index in [-0.39, 0.29) is 5.91 Å². The molecule has 0 saturated heterocycles. The quantitative estimate of drug-likeness (QED) is 0.792. The topological polar surface area (TPSA) is 54.0 Å². The Balaban J connectivity index is 1.68. The Morgan fingerprint density at radius 1 is 1.20 bits per heavy atom. The molecule has 0 aliphatic heterocycles. The molecule has 4 nitrogen and oxygen atoms in total. The number of hydrogen-bond donors (Lipinski definition) is 2. The van der Waals surface area contributed by atoms with E-state index < -0.39 is 0 Å². The van der Waals surface area contributed by atoms with Crippen molar-refractivity contribution in [2.24, 2.45) is 0 Å². The molecule has 4 heteroatoms. The van der Waals surface area contributed by atoms with Crippen molar-refractivity contribution >= 4 is 11.6 Å². The number of carbonyl (C=O) groups is 1. The van der Waals surface area contributed by atoms with Gasteiger partial charge in [-0.05, 0) is 36.8 Å². The van der Waals surface area contributed by atoms with Crippen molar-refractivity contribution in [3.63, 3.8) is 0 Å². The summed E-state index contributed by atoms with van der Waals surface area (Å²) >= 11 is 0. The van der Waals surface area contributed by atoms with Gasteiger partial charge < -0.3 is 10.6 Å². The smallest absolute Gasteiger partial charge is 0.225 e. The summed E-state index contributed by atoms with van der Waals surface area (Å²) < 4.78 is 0. The van der Waals surface area contributed by atoms with Crippen molar-refractivity contribution in [2.45, 2.75) is 19.9 Å². The summed E-state index contributed by atoms with van der Waals surface area (Å²) in [5, 5.41) is 6.09. The molecule has 2 rings (SSSR count). The van der Waals surface area contributed by atoms with Crippen LogP contribution in [-0.2, 0) is 11.3 Å². The predicted molar refractivity (Wildman–Crippen MR) is 80.4 cm³/mol. The van der Waals surface area contributed by atoms with Crippen LogP contribution in [0.15, 0.2) is 48.7 Å². The van der Waals surface area contributed by atoms with Crippen molar-refractivity contribution in [2.75, 3.05) is 11.9 Å². The first-order chi connectivity index (χ1) is 9.74. The van der Waals surface area contributed by atoms with Crippen LogP contribution in [0.4, 0.5) is 5.69 Å². The van der Waals surface area contributed by atoms with E-state index in [1.807, 2.05) is 49.4 Å². The van der Waals surface area contributed by atoms with Gasteiger partial charge in [0.2, 0.25) is 5.91 Å². The Bertz CT molecular complexity index is 555. The maximum atomic E-state index is 11.8. The van der Waals surface area contributed by atoms with Crippen LogP contribution in [0.25, 0.3) is 0 Å². The van der Waals surface area contributed by atoms with E-state index in [1.54, 1.807) is 6.20 Å². The summed E-state index contributed by atoms with van der Waals surface area (Å²) in [6, 6.07) is 13.6. The maximum absolute atomic E-state index is 11.8. The molecular weight excluding hydrogens is 250 g/mol. The highest BCUT2D eigenvalue weighted by Gasteiger charge is 2.02. The van der Waals surface area contributed by atoms with Crippen LogP contribution in [0, 0.1) is 6.92 Å². The highest BCUT2D eigenvalue weighted by atomic mass is 16.1. The first-order valence-electron chi connectivity index (χ1n) is 6.71. The largest absolute Gasteiger partial charge is 0.326 e. The fourth-order valence-corrected chi connectivity index (χ4v) is 1.87. The lowest BCUT2D eigenvalue weighted by atomic mass is 10.2. The normalized spacial score (nSPS) is 10.2. The Morgan fingerprint density at radius 2 is 2.10 bits per heavy atom. The predicted octanol–water partition coefficient (Wildman–Crippen LogP) is 2.51. The molecule has 0 unspecified atom stereocenters. The summed E-state index contributed by atoms with van der Waals surface area (Å²) in [7, 11) is 0. The molecule has 0 atom stereocenters. The molecule has 0 saturated carbocycles. The SMILES string of the molecule is Cc1cccc(NC(=O)CCNCc2ccccn2)c1. The second-order valence-corrected chi connectivity index (χ2v) is 4.67. The molecule has 1 amide bonds. The molecule has 0 aliphatic rings. The van der Waals surface area contributed by atoms with E-state index in [4.69, 9.17) is 0 Å². The van der Waals surface area contributed by atoms with Crippen molar-refractivity contribution < 1.29 is 4.79 Å². The van der Waals surface area contributed by atoms with Gasteiger partial charge in [-0.3, -0.25) is 9.78 Å². The monoisotopic (exact) mass is 269 g/mol. The Morgan fingerprint density at radius 3 is 2.85 bits per heavy atom. The van der Waals surface area contributed by atoms with Crippen LogP contribution < -0.4 is 10.6 Å². The number of rotatable bonds is 6. The highest BCUT2D eigenvalue weighted by molar-refractivity contribution is 5.90. The van der Waals surface area contributed by atoms with E-state index in [1.165, 1.54) is 0 Å². The van der Waals surface area contributed by atoms with Gasteiger partial charge in [0.1, 0.15) is 0 Å². The number of aryl methyl sites for hydroxylation is 1. The van der Waals surface area contributed by atoms with E-state index >= 15 is 0 Å². The summed E-state index contributed by atoms with van der Waals surface area (Å²) in [5.74, 6) is 0.0177. The second-order valence-electron chi connectivity index (χ2n) is 4.67. The van der Waals surface area contributed by atoms with Crippen molar-refractivity contribution in [1.29, 1.82) is 0 Å². The number of pyridine rings is 1. The van der Waals surface area contributed by atoms with Gasteiger partial charge in [-0.2, -0.15) is 0 Å². The van der Waals surface area contributed by atoms with Gasteiger partial charge in [-0.1, -0.05) is 18.2 Å². The molecule has 1 aromatic carbocycles. The van der Waals surface area contributed by atoms with E-state index in [0.717, 1.165) is 16.9 Å². The van der Waals surface area contributed by atoms with Crippen LogP contribution in [0.1, 0.15) is 17.7 Å². The molecule has 2 N–H and O–H groups in total. The lowest BCUT2D eigenvalue weighted by molar-refractivity contribution is -0.116. The first-order valence-corrected chi connectivity index (χ1v) is 6.71. The molecule has 20 heavy (non-hydrogen) atoms. The third-order valence-corrected chi connectivity index (χ3v) is 2.86. The average Bonchev–Trinajstić information content (AvgIpc) is 2.45. The third-order valence-electron chi connectivity index (χ3n) is 2.86. The number of hydrogen-bond acceptors (Lipinski definition) is 3. The van der Waals surface area contributed by atoms with Gasteiger partial charge in [0.25, 0.3) is 0 Å². The summed E-state index contributed by atoms with van der Waals surface area (Å²) in [5.41, 5.74) is 2.96. The minimum Gasteiger partial charge on any atom is -0.326 e. The zero-order valence-electron chi connectivity index (χ0n) is 11.6. The summed E-state index contributed by atoms with van der Waals surface area (Å²) in [6.45, 7) is 3.32. The van der Waals surface area contributed by atoms with Crippen LogP contribution in [-0.4, -0.2) is 17.4 Å². The standard InChI is InChI=1S/C16H19N3O/c1-13-5-4-7-14(11-13)19-16(20)8-10-17-12-15-6-2-3-9-18-15/h2-7,9,11,17H,8,10,12H2,1H3,(H,19,20). The molecule has 0 fully saturated rings. The van der Waals surface area contributed by atoms with Crippen LogP contribution >= 0.6 is 0 Å². The van der Waals surface area contributed by atoms with Crippen molar-refractivity contribution in [3.05, 3.63) is 59.9 Å². The first kappa shape index (κ1) is 14.2. The van der Waals surface area contributed by atoms with E-state index in [0.29, 0.717) is 19.5 Å². The van der Waals surface area contributed by atoms with Crippen LogP contribution in [0.5, 0.6) is 0 Å². The van der Waals surface area contributed by atoms with Gasteiger partial charge in [0.05, 0.1) is 5.69 Å². The molecule has 104 valence electrons. The van der Waals surface area contributed by atoms with Gasteiger partial charge >= 0.3 is 0 Å². The molecule has 0 bridgehead atoms. The number of anilines is 1. The van der Waals surface area contributed by atoms with Crippen LogP contribution in [0.3, 0.4) is 0 Å².